The van der Waals surface area contributed by atoms with Gasteiger partial charge in [0.25, 0.3) is 5.91 Å². The van der Waals surface area contributed by atoms with Gasteiger partial charge in [-0.15, -0.1) is 0 Å². The third-order valence-corrected chi connectivity index (χ3v) is 3.94. The zero-order valence-electron chi connectivity index (χ0n) is 13.2. The second kappa shape index (κ2) is 6.68. The van der Waals surface area contributed by atoms with Gasteiger partial charge in [-0.2, -0.15) is 5.10 Å². The molecule has 7 nitrogen and oxygen atoms in total. The molecule has 2 aromatic heterocycles. The van der Waals surface area contributed by atoms with E-state index in [0.29, 0.717) is 17.2 Å². The SMILES string of the molecule is COc1cccnc1C(=O)N[C@H]1CCC[C@H]1Oc1cnn(C)c1. The predicted octanol–water partition coefficient (Wildman–Crippen LogP) is 1.55. The lowest BCUT2D eigenvalue weighted by Crippen LogP contribution is -2.42. The van der Waals surface area contributed by atoms with Crippen molar-refractivity contribution in [2.24, 2.45) is 7.05 Å². The minimum Gasteiger partial charge on any atom is -0.494 e. The van der Waals surface area contributed by atoms with E-state index in [1.807, 2.05) is 13.2 Å². The minimum absolute atomic E-state index is 0.0468. The highest BCUT2D eigenvalue weighted by Crippen LogP contribution is 2.25. The van der Waals surface area contributed by atoms with Crippen molar-refractivity contribution >= 4 is 5.91 Å². The molecule has 1 saturated carbocycles. The largest absolute Gasteiger partial charge is 0.494 e. The van der Waals surface area contributed by atoms with Crippen molar-refractivity contribution in [2.75, 3.05) is 7.11 Å². The van der Waals surface area contributed by atoms with Gasteiger partial charge in [-0.25, -0.2) is 4.98 Å². The highest BCUT2D eigenvalue weighted by molar-refractivity contribution is 5.95. The first-order valence-corrected chi connectivity index (χ1v) is 7.62. The second-order valence-corrected chi connectivity index (χ2v) is 5.57. The Morgan fingerprint density at radius 3 is 3.04 bits per heavy atom. The summed E-state index contributed by atoms with van der Waals surface area (Å²) >= 11 is 0. The van der Waals surface area contributed by atoms with Crippen LogP contribution in [0.25, 0.3) is 0 Å². The molecule has 2 atom stereocenters. The molecule has 122 valence electrons. The quantitative estimate of drug-likeness (QED) is 0.905. The maximum atomic E-state index is 12.5. The molecule has 0 unspecified atom stereocenters. The standard InChI is InChI=1S/C16H20N4O3/c1-20-10-11(9-18-20)23-13-6-3-5-12(13)19-16(21)15-14(22-2)7-4-8-17-15/h4,7-10,12-13H,3,5-6H2,1-2H3,(H,19,21)/t12-,13+/m0/s1. The van der Waals surface area contributed by atoms with Crippen molar-refractivity contribution in [3.05, 3.63) is 36.4 Å². The van der Waals surface area contributed by atoms with E-state index in [-0.39, 0.29) is 18.1 Å². The highest BCUT2D eigenvalue weighted by atomic mass is 16.5. The molecule has 0 aliphatic heterocycles. The summed E-state index contributed by atoms with van der Waals surface area (Å²) in [6.07, 6.45) is 7.81. The van der Waals surface area contributed by atoms with Crippen LogP contribution in [0.15, 0.2) is 30.7 Å². The maximum Gasteiger partial charge on any atom is 0.274 e. The Morgan fingerprint density at radius 1 is 1.43 bits per heavy atom. The van der Waals surface area contributed by atoms with Crippen molar-refractivity contribution in [1.82, 2.24) is 20.1 Å². The number of methoxy groups -OCH3 is 1. The summed E-state index contributed by atoms with van der Waals surface area (Å²) < 4.78 is 12.8. The molecule has 0 saturated heterocycles. The Labute approximate surface area is 134 Å². The highest BCUT2D eigenvalue weighted by Gasteiger charge is 2.31. The Hall–Kier alpha value is -2.57. The van der Waals surface area contributed by atoms with Crippen molar-refractivity contribution in [3.63, 3.8) is 0 Å². The van der Waals surface area contributed by atoms with Crippen LogP contribution >= 0.6 is 0 Å². The van der Waals surface area contributed by atoms with E-state index in [9.17, 15) is 4.79 Å². The topological polar surface area (TPSA) is 78.3 Å². The number of ether oxygens (including phenoxy) is 2. The van der Waals surface area contributed by atoms with E-state index in [2.05, 4.69) is 15.4 Å². The average molecular weight is 316 g/mol. The van der Waals surface area contributed by atoms with Crippen LogP contribution in [0.5, 0.6) is 11.5 Å². The molecule has 2 heterocycles. The molecular formula is C16H20N4O3. The van der Waals surface area contributed by atoms with E-state index in [1.54, 1.807) is 29.2 Å². The summed E-state index contributed by atoms with van der Waals surface area (Å²) in [4.78, 5) is 16.6. The maximum absolute atomic E-state index is 12.5. The number of nitrogens with one attached hydrogen (secondary N) is 1. The van der Waals surface area contributed by atoms with Crippen molar-refractivity contribution in [2.45, 2.75) is 31.4 Å². The normalized spacial score (nSPS) is 20.3. The summed E-state index contributed by atoms with van der Waals surface area (Å²) in [5.74, 6) is 0.941. The number of nitrogens with zero attached hydrogens (tertiary/aromatic N) is 3. The van der Waals surface area contributed by atoms with E-state index in [0.717, 1.165) is 19.3 Å². The Balaban J connectivity index is 1.67. The minimum atomic E-state index is -0.242. The fourth-order valence-electron chi connectivity index (χ4n) is 2.83. The van der Waals surface area contributed by atoms with Crippen LogP contribution in [0.1, 0.15) is 29.8 Å². The molecule has 1 N–H and O–H groups in total. The molecule has 2 aromatic rings. The van der Waals surface area contributed by atoms with Gasteiger partial charge in [0.2, 0.25) is 0 Å². The van der Waals surface area contributed by atoms with Gasteiger partial charge in [0.1, 0.15) is 11.9 Å². The number of rotatable bonds is 5. The van der Waals surface area contributed by atoms with Crippen LogP contribution in [-0.2, 0) is 7.05 Å². The molecule has 23 heavy (non-hydrogen) atoms. The fourth-order valence-corrected chi connectivity index (χ4v) is 2.83. The molecule has 0 bridgehead atoms. The molecule has 1 amide bonds. The number of amides is 1. The lowest BCUT2D eigenvalue weighted by Gasteiger charge is -2.21. The molecule has 0 aromatic carbocycles. The molecule has 0 spiro atoms. The van der Waals surface area contributed by atoms with Gasteiger partial charge in [-0.1, -0.05) is 0 Å². The van der Waals surface area contributed by atoms with Gasteiger partial charge >= 0.3 is 0 Å². The smallest absolute Gasteiger partial charge is 0.274 e. The van der Waals surface area contributed by atoms with Crippen LogP contribution in [0, 0.1) is 0 Å². The van der Waals surface area contributed by atoms with Crippen LogP contribution in [0.4, 0.5) is 0 Å². The van der Waals surface area contributed by atoms with Crippen molar-refractivity contribution in [3.8, 4) is 11.5 Å². The van der Waals surface area contributed by atoms with Gasteiger partial charge in [-0.3, -0.25) is 9.48 Å². The lowest BCUT2D eigenvalue weighted by atomic mass is 10.2. The van der Waals surface area contributed by atoms with Crippen LogP contribution in [-0.4, -0.2) is 39.9 Å². The van der Waals surface area contributed by atoms with Gasteiger partial charge in [0.05, 0.1) is 25.5 Å². The van der Waals surface area contributed by atoms with Crippen molar-refractivity contribution in [1.29, 1.82) is 0 Å². The third-order valence-electron chi connectivity index (χ3n) is 3.94. The van der Waals surface area contributed by atoms with Gasteiger partial charge < -0.3 is 14.8 Å². The van der Waals surface area contributed by atoms with Crippen LogP contribution < -0.4 is 14.8 Å². The summed E-state index contributed by atoms with van der Waals surface area (Å²) in [5.41, 5.74) is 0.294. The Morgan fingerprint density at radius 2 is 2.30 bits per heavy atom. The molecule has 1 aliphatic rings. The monoisotopic (exact) mass is 316 g/mol. The van der Waals surface area contributed by atoms with Gasteiger partial charge in [0.15, 0.2) is 11.4 Å². The Bertz CT molecular complexity index is 685. The number of hydrogen-bond acceptors (Lipinski definition) is 5. The molecule has 0 radical (unpaired) electrons. The number of aryl methyl sites for hydroxylation is 1. The summed E-state index contributed by atoms with van der Waals surface area (Å²) in [6, 6.07) is 3.41. The fraction of sp³-hybridized carbons (Fsp3) is 0.438. The predicted molar refractivity (Wildman–Crippen MR) is 83.5 cm³/mol. The number of aromatic nitrogens is 3. The lowest BCUT2D eigenvalue weighted by molar-refractivity contribution is 0.0885. The van der Waals surface area contributed by atoms with Gasteiger partial charge in [0, 0.05) is 13.2 Å². The Kier molecular flexibility index (Phi) is 4.45. The first-order valence-electron chi connectivity index (χ1n) is 7.62. The van der Waals surface area contributed by atoms with E-state index in [1.165, 1.54) is 7.11 Å². The summed E-state index contributed by atoms with van der Waals surface area (Å²) in [6.45, 7) is 0. The van der Waals surface area contributed by atoms with E-state index in [4.69, 9.17) is 9.47 Å². The van der Waals surface area contributed by atoms with Gasteiger partial charge in [-0.05, 0) is 31.4 Å². The first kappa shape index (κ1) is 15.3. The molecule has 3 rings (SSSR count). The summed E-state index contributed by atoms with van der Waals surface area (Å²) in [5, 5.41) is 7.11. The van der Waals surface area contributed by atoms with E-state index < -0.39 is 0 Å². The van der Waals surface area contributed by atoms with E-state index >= 15 is 0 Å². The number of pyridine rings is 1. The summed E-state index contributed by atoms with van der Waals surface area (Å²) in [7, 11) is 3.37. The first-order chi connectivity index (χ1) is 11.2. The second-order valence-electron chi connectivity index (χ2n) is 5.57. The molecule has 1 aliphatic carbocycles. The zero-order valence-corrected chi connectivity index (χ0v) is 13.2. The van der Waals surface area contributed by atoms with Crippen LogP contribution in [0.2, 0.25) is 0 Å². The molecule has 7 heteroatoms. The molecule has 1 fully saturated rings. The average Bonchev–Trinajstić information content (AvgIpc) is 3.17. The zero-order chi connectivity index (χ0) is 16.2. The number of carbonyl (C=O) groups excluding carboxylic acids is 1. The van der Waals surface area contributed by atoms with Crippen LogP contribution in [0.3, 0.4) is 0 Å². The van der Waals surface area contributed by atoms with Crippen molar-refractivity contribution < 1.29 is 14.3 Å². The number of carbonyl (C=O) groups is 1. The molecular weight excluding hydrogens is 296 g/mol. The number of hydrogen-bond donors (Lipinski definition) is 1. The third kappa shape index (κ3) is 3.44.